The van der Waals surface area contributed by atoms with Gasteiger partial charge in [0.25, 0.3) is 0 Å². The number of hydrogen-bond acceptors (Lipinski definition) is 4. The molecule has 0 aromatic rings. The summed E-state index contributed by atoms with van der Waals surface area (Å²) in [6.07, 6.45) is 5.11. The maximum atomic E-state index is 10.9. The molecule has 0 saturated carbocycles. The first-order valence-corrected chi connectivity index (χ1v) is 7.17. The molecule has 1 rings (SSSR count). The number of nitrogens with two attached hydrogens (primary N) is 1. The molecule has 0 aromatic carbocycles. The molecule has 1 unspecified atom stereocenters. The molecule has 1 aliphatic heterocycles. The number of thioether (sulfide) groups is 1. The fourth-order valence-corrected chi connectivity index (χ4v) is 3.25. The van der Waals surface area contributed by atoms with Crippen molar-refractivity contribution in [1.82, 2.24) is 10.3 Å². The van der Waals surface area contributed by atoms with E-state index in [1.807, 2.05) is 0 Å². The van der Waals surface area contributed by atoms with Crippen LogP contribution in [0.3, 0.4) is 0 Å². The van der Waals surface area contributed by atoms with Gasteiger partial charge in [0.05, 0.1) is 0 Å². The second-order valence-electron chi connectivity index (χ2n) is 4.38. The molecule has 1 aliphatic rings. The van der Waals surface area contributed by atoms with E-state index < -0.39 is 0 Å². The van der Waals surface area contributed by atoms with Crippen LogP contribution in [0.5, 0.6) is 0 Å². The summed E-state index contributed by atoms with van der Waals surface area (Å²) in [6.45, 7) is 1.15. The Morgan fingerprint density at radius 2 is 2.31 bits per heavy atom. The van der Waals surface area contributed by atoms with Gasteiger partial charge >= 0.3 is 0 Å². The number of nitrogens with zero attached hydrogens (tertiary/aromatic N) is 1. The zero-order valence-electron chi connectivity index (χ0n) is 10.1. The fourth-order valence-electron chi connectivity index (χ4n) is 1.95. The van der Waals surface area contributed by atoms with Gasteiger partial charge in [-0.2, -0.15) is 11.8 Å². The molecule has 3 N–H and O–H groups in total. The van der Waals surface area contributed by atoms with E-state index >= 15 is 0 Å². The zero-order valence-corrected chi connectivity index (χ0v) is 10.9. The molecule has 94 valence electrons. The Bertz CT molecular complexity index is 207. The van der Waals surface area contributed by atoms with Gasteiger partial charge in [0.15, 0.2) is 0 Å². The van der Waals surface area contributed by atoms with E-state index in [1.165, 1.54) is 24.3 Å². The molecule has 0 bridgehead atoms. The highest BCUT2D eigenvalue weighted by Crippen LogP contribution is 2.21. The summed E-state index contributed by atoms with van der Waals surface area (Å²) >= 11 is 2.05. The van der Waals surface area contributed by atoms with E-state index in [1.54, 1.807) is 0 Å². The second-order valence-corrected chi connectivity index (χ2v) is 5.53. The predicted molar refractivity (Wildman–Crippen MR) is 69.2 cm³/mol. The first kappa shape index (κ1) is 13.8. The monoisotopic (exact) mass is 245 g/mol. The van der Waals surface area contributed by atoms with Crippen LogP contribution in [-0.4, -0.2) is 41.9 Å². The molecule has 1 saturated heterocycles. The average Bonchev–Trinajstić information content (AvgIpc) is 2.81. The lowest BCUT2D eigenvalue weighted by atomic mass is 10.1. The van der Waals surface area contributed by atoms with E-state index in [4.69, 9.17) is 5.84 Å². The number of nitrogens with one attached hydrogen (secondary N) is 1. The van der Waals surface area contributed by atoms with Gasteiger partial charge in [-0.3, -0.25) is 10.2 Å². The summed E-state index contributed by atoms with van der Waals surface area (Å²) in [5, 5.41) is 0. The largest absolute Gasteiger partial charge is 0.303 e. The Balaban J connectivity index is 1.95. The number of carbonyl (C=O) groups is 1. The van der Waals surface area contributed by atoms with Gasteiger partial charge in [-0.1, -0.05) is 6.42 Å². The molecule has 1 fully saturated rings. The summed E-state index contributed by atoms with van der Waals surface area (Å²) in [5.74, 6) is 7.55. The molecule has 5 heteroatoms. The van der Waals surface area contributed by atoms with Gasteiger partial charge in [-0.15, -0.1) is 0 Å². The van der Waals surface area contributed by atoms with Crippen molar-refractivity contribution in [2.45, 2.75) is 38.1 Å². The number of amides is 1. The van der Waals surface area contributed by atoms with Crippen LogP contribution in [-0.2, 0) is 4.79 Å². The van der Waals surface area contributed by atoms with Gasteiger partial charge in [-0.25, -0.2) is 5.84 Å². The molecule has 0 radical (unpaired) electrons. The van der Waals surface area contributed by atoms with Crippen molar-refractivity contribution in [3.63, 3.8) is 0 Å². The third kappa shape index (κ3) is 5.18. The molecule has 16 heavy (non-hydrogen) atoms. The van der Waals surface area contributed by atoms with E-state index in [-0.39, 0.29) is 5.91 Å². The molecular weight excluding hydrogens is 222 g/mol. The van der Waals surface area contributed by atoms with E-state index in [9.17, 15) is 4.79 Å². The molecule has 4 nitrogen and oxygen atoms in total. The predicted octanol–water partition coefficient (Wildman–Crippen LogP) is 0.974. The van der Waals surface area contributed by atoms with Crippen molar-refractivity contribution in [2.24, 2.45) is 5.84 Å². The van der Waals surface area contributed by atoms with Crippen LogP contribution >= 0.6 is 11.8 Å². The quantitative estimate of drug-likeness (QED) is 0.304. The normalized spacial score (nSPS) is 20.3. The smallest absolute Gasteiger partial charge is 0.233 e. The van der Waals surface area contributed by atoms with E-state index in [2.05, 4.69) is 29.1 Å². The highest BCUT2D eigenvalue weighted by atomic mass is 32.2. The van der Waals surface area contributed by atoms with Crippen LogP contribution in [0.1, 0.15) is 32.1 Å². The Labute approximate surface area is 102 Å². The standard InChI is InChI=1S/C11H23N3OS/c1-14(10-6-8-16-9-10)7-4-2-3-5-11(15)13-12/h10H,2-9,12H2,1H3,(H,13,15). The molecule has 0 spiro atoms. The summed E-state index contributed by atoms with van der Waals surface area (Å²) < 4.78 is 0. The van der Waals surface area contributed by atoms with Crippen LogP contribution in [0, 0.1) is 0 Å². The number of hydrogen-bond donors (Lipinski definition) is 2. The number of hydrazine groups is 1. The molecule has 1 heterocycles. The lowest BCUT2D eigenvalue weighted by Crippen LogP contribution is -2.32. The number of carbonyl (C=O) groups excluding carboxylic acids is 1. The van der Waals surface area contributed by atoms with Gasteiger partial charge in [0.2, 0.25) is 5.91 Å². The van der Waals surface area contributed by atoms with Crippen molar-refractivity contribution < 1.29 is 4.79 Å². The summed E-state index contributed by atoms with van der Waals surface area (Å²) in [6, 6.07) is 0.775. The minimum atomic E-state index is -0.0550. The summed E-state index contributed by atoms with van der Waals surface area (Å²) in [7, 11) is 2.21. The lowest BCUT2D eigenvalue weighted by molar-refractivity contribution is -0.121. The molecular formula is C11H23N3OS. The molecule has 1 amide bonds. The summed E-state index contributed by atoms with van der Waals surface area (Å²) in [4.78, 5) is 13.3. The first-order chi connectivity index (χ1) is 7.74. The topological polar surface area (TPSA) is 58.4 Å². The van der Waals surface area contributed by atoms with Crippen molar-refractivity contribution in [3.05, 3.63) is 0 Å². The Hall–Kier alpha value is -0.260. The van der Waals surface area contributed by atoms with Crippen molar-refractivity contribution in [2.75, 3.05) is 25.1 Å². The SMILES string of the molecule is CN(CCCCCC(=O)NN)C1CCSC1. The molecule has 0 aliphatic carbocycles. The van der Waals surface area contributed by atoms with Crippen molar-refractivity contribution >= 4 is 17.7 Å². The minimum Gasteiger partial charge on any atom is -0.303 e. The molecule has 1 atom stereocenters. The van der Waals surface area contributed by atoms with E-state index in [0.29, 0.717) is 6.42 Å². The summed E-state index contributed by atoms with van der Waals surface area (Å²) in [5.41, 5.74) is 2.16. The van der Waals surface area contributed by atoms with Crippen LogP contribution in [0.15, 0.2) is 0 Å². The van der Waals surface area contributed by atoms with Crippen LogP contribution in [0.25, 0.3) is 0 Å². The zero-order chi connectivity index (χ0) is 11.8. The third-order valence-electron chi connectivity index (χ3n) is 3.10. The van der Waals surface area contributed by atoms with Gasteiger partial charge < -0.3 is 4.90 Å². The molecule has 0 aromatic heterocycles. The van der Waals surface area contributed by atoms with Gasteiger partial charge in [-0.05, 0) is 38.6 Å². The third-order valence-corrected chi connectivity index (χ3v) is 4.25. The Kier molecular flexibility index (Phi) is 6.84. The van der Waals surface area contributed by atoms with Gasteiger partial charge in [0, 0.05) is 18.2 Å². The lowest BCUT2D eigenvalue weighted by Gasteiger charge is -2.23. The van der Waals surface area contributed by atoms with Crippen LogP contribution in [0.2, 0.25) is 0 Å². The maximum Gasteiger partial charge on any atom is 0.233 e. The average molecular weight is 245 g/mol. The highest BCUT2D eigenvalue weighted by Gasteiger charge is 2.19. The Morgan fingerprint density at radius 3 is 2.94 bits per heavy atom. The van der Waals surface area contributed by atoms with E-state index in [0.717, 1.165) is 25.4 Å². The maximum absolute atomic E-state index is 10.9. The van der Waals surface area contributed by atoms with Crippen molar-refractivity contribution in [1.29, 1.82) is 0 Å². The van der Waals surface area contributed by atoms with Crippen molar-refractivity contribution in [3.8, 4) is 0 Å². The second kappa shape index (κ2) is 7.92. The Morgan fingerprint density at radius 1 is 1.50 bits per heavy atom. The van der Waals surface area contributed by atoms with Crippen LogP contribution in [0.4, 0.5) is 0 Å². The van der Waals surface area contributed by atoms with Gasteiger partial charge in [0.1, 0.15) is 0 Å². The number of unbranched alkanes of at least 4 members (excludes halogenated alkanes) is 2. The van der Waals surface area contributed by atoms with Crippen LogP contribution < -0.4 is 11.3 Å². The number of rotatable bonds is 7. The fraction of sp³-hybridized carbons (Fsp3) is 0.909. The minimum absolute atomic E-state index is 0.0550. The first-order valence-electron chi connectivity index (χ1n) is 6.01. The highest BCUT2D eigenvalue weighted by molar-refractivity contribution is 7.99.